The number of hydrogen-bond donors (Lipinski definition) is 2. The summed E-state index contributed by atoms with van der Waals surface area (Å²) < 4.78 is 27.5. The fraction of sp³-hybridized carbons (Fsp3) is 0.133. The van der Waals surface area contributed by atoms with Gasteiger partial charge in [-0.2, -0.15) is 4.72 Å². The van der Waals surface area contributed by atoms with Crippen molar-refractivity contribution in [2.45, 2.75) is 17.4 Å². The summed E-state index contributed by atoms with van der Waals surface area (Å²) >= 11 is 8.99. The maximum Gasteiger partial charge on any atom is 0.322 e. The molecule has 2 aromatic carbocycles. The van der Waals surface area contributed by atoms with Gasteiger partial charge >= 0.3 is 5.97 Å². The Hall–Kier alpha value is -1.41. The van der Waals surface area contributed by atoms with E-state index in [4.69, 9.17) is 11.6 Å². The first-order valence-electron chi connectivity index (χ1n) is 6.53. The summed E-state index contributed by atoms with van der Waals surface area (Å²) in [4.78, 5) is 11.4. The third kappa shape index (κ3) is 5.04. The van der Waals surface area contributed by atoms with E-state index >= 15 is 0 Å². The summed E-state index contributed by atoms with van der Waals surface area (Å²) in [5, 5.41) is 9.81. The van der Waals surface area contributed by atoms with Crippen LogP contribution in [0.25, 0.3) is 0 Å². The molecule has 0 bridgehead atoms. The van der Waals surface area contributed by atoms with Gasteiger partial charge in [-0.05, 0) is 48.4 Å². The van der Waals surface area contributed by atoms with Crippen molar-refractivity contribution >= 4 is 43.5 Å². The summed E-state index contributed by atoms with van der Waals surface area (Å²) in [5.41, 5.74) is 0.667. The fourth-order valence-electron chi connectivity index (χ4n) is 1.90. The van der Waals surface area contributed by atoms with E-state index in [1.54, 1.807) is 36.4 Å². The van der Waals surface area contributed by atoms with E-state index in [2.05, 4.69) is 20.7 Å². The van der Waals surface area contributed by atoms with Crippen molar-refractivity contribution in [3.63, 3.8) is 0 Å². The Balaban J connectivity index is 2.20. The smallest absolute Gasteiger partial charge is 0.322 e. The molecule has 0 aliphatic carbocycles. The second-order valence-corrected chi connectivity index (χ2v) is 7.86. The first kappa shape index (κ1) is 17.9. The minimum absolute atomic E-state index is 0.00283. The molecule has 0 unspecified atom stereocenters. The van der Waals surface area contributed by atoms with E-state index < -0.39 is 22.0 Å². The van der Waals surface area contributed by atoms with Gasteiger partial charge < -0.3 is 5.11 Å². The third-order valence-electron chi connectivity index (χ3n) is 3.07. The molecule has 0 heterocycles. The quantitative estimate of drug-likeness (QED) is 0.755. The lowest BCUT2D eigenvalue weighted by molar-refractivity contribution is -0.138. The zero-order valence-corrected chi connectivity index (χ0v) is 14.9. The first-order valence-corrected chi connectivity index (χ1v) is 9.18. The average Bonchev–Trinajstić information content (AvgIpc) is 2.49. The molecule has 0 aliphatic rings. The topological polar surface area (TPSA) is 83.5 Å². The molecule has 1 atom stereocenters. The van der Waals surface area contributed by atoms with E-state index in [0.29, 0.717) is 10.6 Å². The van der Waals surface area contributed by atoms with Crippen LogP contribution in [0.2, 0.25) is 5.02 Å². The Morgan fingerprint density at radius 3 is 2.22 bits per heavy atom. The van der Waals surface area contributed by atoms with Crippen LogP contribution in [-0.2, 0) is 21.2 Å². The summed E-state index contributed by atoms with van der Waals surface area (Å²) in [5.74, 6) is -1.25. The standard InChI is InChI=1S/C15H13BrClNO4S/c16-11-3-7-13(8-4-11)23(21,22)18-14(15(19)20)9-10-1-5-12(17)6-2-10/h1-8,14,18H,9H2,(H,19,20)/t14-/m1/s1. The van der Waals surface area contributed by atoms with Crippen LogP contribution in [0.15, 0.2) is 57.9 Å². The van der Waals surface area contributed by atoms with Crippen molar-refractivity contribution in [2.24, 2.45) is 0 Å². The third-order valence-corrected chi connectivity index (χ3v) is 5.34. The van der Waals surface area contributed by atoms with Crippen molar-refractivity contribution in [1.82, 2.24) is 4.72 Å². The Bertz CT molecular complexity index is 791. The van der Waals surface area contributed by atoms with Crippen molar-refractivity contribution in [1.29, 1.82) is 0 Å². The molecule has 23 heavy (non-hydrogen) atoms. The maximum atomic E-state index is 12.3. The highest BCUT2D eigenvalue weighted by molar-refractivity contribution is 9.10. The summed E-state index contributed by atoms with van der Waals surface area (Å²) in [6.45, 7) is 0. The van der Waals surface area contributed by atoms with Crippen molar-refractivity contribution in [2.75, 3.05) is 0 Å². The largest absolute Gasteiger partial charge is 0.480 e. The van der Waals surface area contributed by atoms with Crippen molar-refractivity contribution < 1.29 is 18.3 Å². The number of halogens is 2. The van der Waals surface area contributed by atoms with Crippen LogP contribution in [0.1, 0.15) is 5.56 Å². The van der Waals surface area contributed by atoms with E-state index in [1.807, 2.05) is 0 Å². The number of carboxylic acid groups (broad SMARTS) is 1. The van der Waals surface area contributed by atoms with Crippen LogP contribution in [-0.4, -0.2) is 25.5 Å². The molecule has 0 saturated heterocycles. The van der Waals surface area contributed by atoms with Gasteiger partial charge in [0.05, 0.1) is 4.90 Å². The van der Waals surface area contributed by atoms with Crippen LogP contribution in [0, 0.1) is 0 Å². The average molecular weight is 419 g/mol. The number of carboxylic acids is 1. The zero-order valence-electron chi connectivity index (χ0n) is 11.7. The molecule has 0 fully saturated rings. The minimum Gasteiger partial charge on any atom is -0.480 e. The van der Waals surface area contributed by atoms with Gasteiger partial charge in [-0.15, -0.1) is 0 Å². The van der Waals surface area contributed by atoms with Crippen LogP contribution >= 0.6 is 27.5 Å². The molecule has 5 nitrogen and oxygen atoms in total. The molecule has 122 valence electrons. The number of aliphatic carboxylic acids is 1. The Morgan fingerprint density at radius 1 is 1.13 bits per heavy atom. The van der Waals surface area contributed by atoms with Gasteiger partial charge in [-0.3, -0.25) is 4.79 Å². The Labute approximate surface area is 147 Å². The van der Waals surface area contributed by atoms with E-state index in [1.165, 1.54) is 12.1 Å². The van der Waals surface area contributed by atoms with Gasteiger partial charge in [0.15, 0.2) is 0 Å². The van der Waals surface area contributed by atoms with E-state index in [0.717, 1.165) is 4.47 Å². The summed E-state index contributed by atoms with van der Waals surface area (Å²) in [6, 6.07) is 11.2. The van der Waals surface area contributed by atoms with Gasteiger partial charge in [0.1, 0.15) is 6.04 Å². The fourth-order valence-corrected chi connectivity index (χ4v) is 3.48. The van der Waals surface area contributed by atoms with E-state index in [-0.39, 0.29) is 11.3 Å². The molecular formula is C15H13BrClNO4S. The predicted octanol–water partition coefficient (Wildman–Crippen LogP) is 3.08. The SMILES string of the molecule is O=C(O)[C@@H](Cc1ccc(Cl)cc1)NS(=O)(=O)c1ccc(Br)cc1. The van der Waals surface area contributed by atoms with Crippen LogP contribution in [0.3, 0.4) is 0 Å². The van der Waals surface area contributed by atoms with Gasteiger partial charge in [0.2, 0.25) is 10.0 Å². The second-order valence-electron chi connectivity index (χ2n) is 4.80. The highest BCUT2D eigenvalue weighted by Gasteiger charge is 2.25. The number of hydrogen-bond acceptors (Lipinski definition) is 3. The number of nitrogens with one attached hydrogen (secondary N) is 1. The number of rotatable bonds is 6. The lowest BCUT2D eigenvalue weighted by Gasteiger charge is -2.15. The number of sulfonamides is 1. The first-order chi connectivity index (χ1) is 10.8. The maximum absolute atomic E-state index is 12.3. The molecule has 0 saturated carbocycles. The molecule has 0 amide bonds. The monoisotopic (exact) mass is 417 g/mol. The molecule has 2 N–H and O–H groups in total. The molecule has 0 aliphatic heterocycles. The lowest BCUT2D eigenvalue weighted by Crippen LogP contribution is -2.42. The summed E-state index contributed by atoms with van der Waals surface area (Å²) in [7, 11) is -3.93. The van der Waals surface area contributed by atoms with Crippen LogP contribution in [0.4, 0.5) is 0 Å². The molecule has 0 radical (unpaired) electrons. The molecule has 0 spiro atoms. The number of carbonyl (C=O) groups is 1. The van der Waals surface area contributed by atoms with Gasteiger partial charge in [0, 0.05) is 9.50 Å². The zero-order chi connectivity index (χ0) is 17.0. The van der Waals surface area contributed by atoms with Crippen LogP contribution < -0.4 is 4.72 Å². The van der Waals surface area contributed by atoms with Crippen molar-refractivity contribution in [3.05, 3.63) is 63.6 Å². The van der Waals surface area contributed by atoms with E-state index in [9.17, 15) is 18.3 Å². The summed E-state index contributed by atoms with van der Waals surface area (Å²) in [6.07, 6.45) is 0.0161. The molecular weight excluding hydrogens is 406 g/mol. The molecule has 2 aromatic rings. The van der Waals surface area contributed by atoms with Crippen molar-refractivity contribution in [3.8, 4) is 0 Å². The highest BCUT2D eigenvalue weighted by atomic mass is 79.9. The van der Waals surface area contributed by atoms with Gasteiger partial charge in [-0.1, -0.05) is 39.7 Å². The predicted molar refractivity (Wildman–Crippen MR) is 91.0 cm³/mol. The van der Waals surface area contributed by atoms with Gasteiger partial charge in [-0.25, -0.2) is 8.42 Å². The molecule has 0 aromatic heterocycles. The minimum atomic E-state index is -3.93. The highest BCUT2D eigenvalue weighted by Crippen LogP contribution is 2.16. The second kappa shape index (κ2) is 7.44. The Kier molecular flexibility index (Phi) is 5.80. The van der Waals surface area contributed by atoms with Crippen LogP contribution in [0.5, 0.6) is 0 Å². The lowest BCUT2D eigenvalue weighted by atomic mass is 10.1. The van der Waals surface area contributed by atoms with Gasteiger partial charge in [0.25, 0.3) is 0 Å². The normalized spacial score (nSPS) is 12.8. The number of benzene rings is 2. The molecule has 8 heteroatoms. The Morgan fingerprint density at radius 2 is 1.70 bits per heavy atom. The molecule has 2 rings (SSSR count).